The van der Waals surface area contributed by atoms with Gasteiger partial charge in [-0.2, -0.15) is 0 Å². The van der Waals surface area contributed by atoms with E-state index in [9.17, 15) is 9.59 Å². The number of halogens is 1. The van der Waals surface area contributed by atoms with Crippen LogP contribution in [0.3, 0.4) is 0 Å². The van der Waals surface area contributed by atoms with Crippen LogP contribution in [0.5, 0.6) is 0 Å². The first-order valence-corrected chi connectivity index (χ1v) is 5.16. The summed E-state index contributed by atoms with van der Waals surface area (Å²) in [6, 6.07) is 4.12. The smallest absolute Gasteiger partial charge is 0.349 e. The highest BCUT2D eigenvalue weighted by Gasteiger charge is 2.09. The van der Waals surface area contributed by atoms with E-state index in [0.717, 1.165) is 6.21 Å². The zero-order valence-electron chi connectivity index (χ0n) is 9.01. The molecular formula is C11H10ClNO4. The molecule has 90 valence electrons. The normalized spacial score (nSPS) is 10.5. The van der Waals surface area contributed by atoms with E-state index < -0.39 is 11.9 Å². The summed E-state index contributed by atoms with van der Waals surface area (Å²) < 4.78 is 4.63. The Morgan fingerprint density at radius 1 is 1.53 bits per heavy atom. The average molecular weight is 256 g/mol. The van der Waals surface area contributed by atoms with Gasteiger partial charge in [0.15, 0.2) is 0 Å². The Labute approximate surface area is 103 Å². The summed E-state index contributed by atoms with van der Waals surface area (Å²) in [4.78, 5) is 25.6. The SMILES string of the molecule is CCOC(=O)C=Nc1cc(Cl)ccc1C(=O)O. The predicted octanol–water partition coefficient (Wildman–Crippen LogP) is 2.30. The molecule has 0 amide bonds. The van der Waals surface area contributed by atoms with Gasteiger partial charge in [0.1, 0.15) is 6.21 Å². The second-order valence-corrected chi connectivity index (χ2v) is 3.41. The average Bonchev–Trinajstić information content (AvgIpc) is 2.26. The molecule has 0 bridgehead atoms. The van der Waals surface area contributed by atoms with Crippen LogP contribution in [0.1, 0.15) is 17.3 Å². The fourth-order valence-electron chi connectivity index (χ4n) is 1.09. The first kappa shape index (κ1) is 13.2. The molecular weight excluding hydrogens is 246 g/mol. The molecule has 0 spiro atoms. The number of benzene rings is 1. The van der Waals surface area contributed by atoms with Crippen molar-refractivity contribution in [2.75, 3.05) is 6.61 Å². The number of hydrogen-bond donors (Lipinski definition) is 1. The van der Waals surface area contributed by atoms with Gasteiger partial charge in [-0.15, -0.1) is 0 Å². The fourth-order valence-corrected chi connectivity index (χ4v) is 1.26. The number of carboxylic acids is 1. The molecule has 0 heterocycles. The number of hydrogen-bond acceptors (Lipinski definition) is 4. The lowest BCUT2D eigenvalue weighted by molar-refractivity contribution is -0.134. The van der Waals surface area contributed by atoms with E-state index in [1.54, 1.807) is 6.92 Å². The zero-order chi connectivity index (χ0) is 12.8. The second-order valence-electron chi connectivity index (χ2n) is 2.98. The van der Waals surface area contributed by atoms with E-state index in [1.807, 2.05) is 0 Å². The maximum absolute atomic E-state index is 11.0. The minimum atomic E-state index is -1.14. The van der Waals surface area contributed by atoms with Crippen molar-refractivity contribution in [2.45, 2.75) is 6.92 Å². The van der Waals surface area contributed by atoms with E-state index in [0.29, 0.717) is 5.02 Å². The quantitative estimate of drug-likeness (QED) is 0.662. The van der Waals surface area contributed by atoms with Gasteiger partial charge in [-0.1, -0.05) is 11.6 Å². The van der Waals surface area contributed by atoms with Crippen LogP contribution in [0.25, 0.3) is 0 Å². The molecule has 1 N–H and O–H groups in total. The minimum absolute atomic E-state index is 0.0325. The Bertz CT molecular complexity index is 471. The monoisotopic (exact) mass is 255 g/mol. The number of carbonyl (C=O) groups excluding carboxylic acids is 1. The lowest BCUT2D eigenvalue weighted by Crippen LogP contribution is -2.05. The molecule has 0 atom stereocenters. The van der Waals surface area contributed by atoms with Gasteiger partial charge in [0.05, 0.1) is 17.9 Å². The van der Waals surface area contributed by atoms with E-state index in [1.165, 1.54) is 18.2 Å². The van der Waals surface area contributed by atoms with Crippen molar-refractivity contribution in [3.05, 3.63) is 28.8 Å². The third kappa shape index (κ3) is 3.88. The van der Waals surface area contributed by atoms with Crippen molar-refractivity contribution in [2.24, 2.45) is 4.99 Å². The number of esters is 1. The van der Waals surface area contributed by atoms with Gasteiger partial charge < -0.3 is 9.84 Å². The van der Waals surface area contributed by atoms with Crippen molar-refractivity contribution < 1.29 is 19.4 Å². The molecule has 0 aliphatic rings. The fraction of sp³-hybridized carbons (Fsp3) is 0.182. The number of rotatable bonds is 4. The molecule has 1 rings (SSSR count). The molecule has 0 aliphatic carbocycles. The highest BCUT2D eigenvalue weighted by Crippen LogP contribution is 2.23. The van der Waals surface area contributed by atoms with Crippen LogP contribution in [-0.2, 0) is 9.53 Å². The molecule has 5 nitrogen and oxygen atoms in total. The number of ether oxygens (including phenoxy) is 1. The third-order valence-electron chi connectivity index (χ3n) is 1.79. The number of carboxylic acid groups (broad SMARTS) is 1. The zero-order valence-corrected chi connectivity index (χ0v) is 9.77. The summed E-state index contributed by atoms with van der Waals surface area (Å²) >= 11 is 5.71. The van der Waals surface area contributed by atoms with Crippen molar-refractivity contribution in [3.63, 3.8) is 0 Å². The summed E-state index contributed by atoms with van der Waals surface area (Å²) in [6.45, 7) is 1.89. The van der Waals surface area contributed by atoms with Crippen molar-refractivity contribution >= 4 is 35.4 Å². The van der Waals surface area contributed by atoms with Crippen LogP contribution in [-0.4, -0.2) is 29.9 Å². The highest BCUT2D eigenvalue weighted by molar-refractivity contribution is 6.31. The van der Waals surface area contributed by atoms with Gasteiger partial charge in [0.2, 0.25) is 0 Å². The highest BCUT2D eigenvalue weighted by atomic mass is 35.5. The molecule has 0 aromatic heterocycles. The Morgan fingerprint density at radius 3 is 2.82 bits per heavy atom. The molecule has 6 heteroatoms. The van der Waals surface area contributed by atoms with Crippen LogP contribution in [0, 0.1) is 0 Å². The van der Waals surface area contributed by atoms with Gasteiger partial charge in [-0.3, -0.25) is 0 Å². The predicted molar refractivity (Wildman–Crippen MR) is 63.2 cm³/mol. The summed E-state index contributed by atoms with van der Waals surface area (Å²) in [5.41, 5.74) is 0.0769. The van der Waals surface area contributed by atoms with Gasteiger partial charge in [-0.05, 0) is 25.1 Å². The van der Waals surface area contributed by atoms with Gasteiger partial charge in [-0.25, -0.2) is 14.6 Å². The molecule has 0 saturated heterocycles. The molecule has 0 radical (unpaired) electrons. The summed E-state index contributed by atoms with van der Waals surface area (Å²) in [7, 11) is 0. The van der Waals surface area contributed by atoms with Gasteiger partial charge in [0, 0.05) is 5.02 Å². The third-order valence-corrected chi connectivity index (χ3v) is 2.02. The Morgan fingerprint density at radius 2 is 2.24 bits per heavy atom. The van der Waals surface area contributed by atoms with Crippen molar-refractivity contribution in [1.82, 2.24) is 0 Å². The molecule has 0 aliphatic heterocycles. The van der Waals surface area contributed by atoms with Crippen LogP contribution in [0.2, 0.25) is 5.02 Å². The van der Waals surface area contributed by atoms with Crippen LogP contribution < -0.4 is 0 Å². The molecule has 0 saturated carbocycles. The number of aromatic carboxylic acids is 1. The summed E-state index contributed by atoms with van der Waals surface area (Å²) in [5.74, 6) is -1.78. The minimum Gasteiger partial charge on any atom is -0.478 e. The molecule has 1 aromatic carbocycles. The Hall–Kier alpha value is -1.88. The van der Waals surface area contributed by atoms with Crippen LogP contribution in [0.15, 0.2) is 23.2 Å². The van der Waals surface area contributed by atoms with E-state index in [4.69, 9.17) is 16.7 Å². The topological polar surface area (TPSA) is 76.0 Å². The second kappa shape index (κ2) is 6.00. The molecule has 17 heavy (non-hydrogen) atoms. The van der Waals surface area contributed by atoms with E-state index in [-0.39, 0.29) is 17.9 Å². The Kier molecular flexibility index (Phi) is 4.66. The van der Waals surface area contributed by atoms with Crippen LogP contribution in [0.4, 0.5) is 5.69 Å². The summed E-state index contributed by atoms with van der Waals surface area (Å²) in [5, 5.41) is 9.23. The maximum atomic E-state index is 11.0. The molecule has 0 fully saturated rings. The number of nitrogens with zero attached hydrogens (tertiary/aromatic N) is 1. The largest absolute Gasteiger partial charge is 0.478 e. The number of aliphatic imine (C=N–C) groups is 1. The van der Waals surface area contributed by atoms with Crippen molar-refractivity contribution in [1.29, 1.82) is 0 Å². The lowest BCUT2D eigenvalue weighted by atomic mass is 10.2. The Balaban J connectivity index is 3.00. The standard InChI is InChI=1S/C11H10ClNO4/c1-2-17-10(14)6-13-9-5-7(12)3-4-8(9)11(15)16/h3-6H,2H2,1H3,(H,15,16). The van der Waals surface area contributed by atoms with Gasteiger partial charge >= 0.3 is 11.9 Å². The first-order chi connectivity index (χ1) is 8.04. The van der Waals surface area contributed by atoms with Gasteiger partial charge in [0.25, 0.3) is 0 Å². The van der Waals surface area contributed by atoms with Crippen molar-refractivity contribution in [3.8, 4) is 0 Å². The molecule has 0 unspecified atom stereocenters. The molecule has 1 aromatic rings. The lowest BCUT2D eigenvalue weighted by Gasteiger charge is -2.01. The van der Waals surface area contributed by atoms with E-state index in [2.05, 4.69) is 9.73 Å². The van der Waals surface area contributed by atoms with Crippen LogP contribution >= 0.6 is 11.6 Å². The number of carbonyl (C=O) groups is 2. The van der Waals surface area contributed by atoms with E-state index >= 15 is 0 Å². The summed E-state index contributed by atoms with van der Waals surface area (Å²) in [6.07, 6.45) is 0.918. The first-order valence-electron chi connectivity index (χ1n) is 4.78. The maximum Gasteiger partial charge on any atom is 0.349 e.